The summed E-state index contributed by atoms with van der Waals surface area (Å²) in [5, 5.41) is 3.42. The molecular formula is C12H18N2O. The molecule has 1 fully saturated rings. The molecule has 82 valence electrons. The lowest BCUT2D eigenvalue weighted by Crippen LogP contribution is -2.41. The van der Waals surface area contributed by atoms with Gasteiger partial charge in [-0.3, -0.25) is 0 Å². The van der Waals surface area contributed by atoms with Crippen LogP contribution in [-0.4, -0.2) is 23.7 Å². The molecule has 1 N–H and O–H groups in total. The van der Waals surface area contributed by atoms with Crippen molar-refractivity contribution in [2.75, 3.05) is 11.9 Å². The van der Waals surface area contributed by atoms with E-state index in [1.54, 1.807) is 0 Å². The van der Waals surface area contributed by atoms with Crippen LogP contribution in [0.4, 0.5) is 5.82 Å². The average Bonchev–Trinajstić information content (AvgIpc) is 2.15. The van der Waals surface area contributed by atoms with Gasteiger partial charge in [0.25, 0.3) is 0 Å². The predicted octanol–water partition coefficient (Wildman–Crippen LogP) is 2.37. The topological polar surface area (TPSA) is 34.1 Å². The minimum Gasteiger partial charge on any atom is -0.378 e. The number of anilines is 1. The largest absolute Gasteiger partial charge is 0.378 e. The van der Waals surface area contributed by atoms with E-state index in [9.17, 15) is 0 Å². The van der Waals surface area contributed by atoms with Crippen LogP contribution in [0.5, 0.6) is 0 Å². The van der Waals surface area contributed by atoms with Gasteiger partial charge in [0.1, 0.15) is 5.82 Å². The molecule has 1 aromatic rings. The second kappa shape index (κ2) is 4.62. The highest BCUT2D eigenvalue weighted by Crippen LogP contribution is 2.26. The molecule has 15 heavy (non-hydrogen) atoms. The van der Waals surface area contributed by atoms with E-state index in [0.717, 1.165) is 25.3 Å². The van der Waals surface area contributed by atoms with Crippen molar-refractivity contribution in [1.82, 2.24) is 4.98 Å². The van der Waals surface area contributed by atoms with Crippen LogP contribution in [0.25, 0.3) is 0 Å². The molecule has 3 nitrogen and oxygen atoms in total. The van der Waals surface area contributed by atoms with Crippen LogP contribution in [0.1, 0.15) is 25.3 Å². The van der Waals surface area contributed by atoms with E-state index in [1.165, 1.54) is 5.56 Å². The van der Waals surface area contributed by atoms with Crippen LogP contribution in [0.3, 0.4) is 0 Å². The molecule has 0 bridgehead atoms. The van der Waals surface area contributed by atoms with Crippen molar-refractivity contribution in [2.24, 2.45) is 0 Å². The van der Waals surface area contributed by atoms with E-state index in [-0.39, 0.29) is 0 Å². The third-order valence-corrected chi connectivity index (χ3v) is 2.76. The highest BCUT2D eigenvalue weighted by Gasteiger charge is 2.29. The number of ether oxygens (including phenoxy) is 1. The van der Waals surface area contributed by atoms with Crippen molar-refractivity contribution in [3.05, 3.63) is 23.9 Å². The summed E-state index contributed by atoms with van der Waals surface area (Å²) >= 11 is 0. The summed E-state index contributed by atoms with van der Waals surface area (Å²) < 4.78 is 5.51. The lowest BCUT2D eigenvalue weighted by Gasteiger charge is -2.35. The second-order valence-corrected chi connectivity index (χ2v) is 4.11. The molecule has 1 aliphatic rings. The maximum Gasteiger partial charge on any atom is 0.126 e. The first-order valence-electron chi connectivity index (χ1n) is 5.58. The Morgan fingerprint density at radius 3 is 3.00 bits per heavy atom. The van der Waals surface area contributed by atoms with Gasteiger partial charge in [0.05, 0.1) is 6.10 Å². The van der Waals surface area contributed by atoms with E-state index in [2.05, 4.69) is 23.3 Å². The fourth-order valence-corrected chi connectivity index (χ4v) is 1.88. The standard InChI is InChI=1S/C12H18N2O/c1-3-15-11-7-10(8-11)14-12-6-9(2)4-5-13-12/h4-6,10-11H,3,7-8H2,1-2H3,(H,13,14). The highest BCUT2D eigenvalue weighted by atomic mass is 16.5. The molecule has 0 saturated heterocycles. The Bertz CT molecular complexity index is 321. The van der Waals surface area contributed by atoms with Gasteiger partial charge in [0.2, 0.25) is 0 Å². The van der Waals surface area contributed by atoms with Crippen molar-refractivity contribution in [3.8, 4) is 0 Å². The number of aryl methyl sites for hydroxylation is 1. The summed E-state index contributed by atoms with van der Waals surface area (Å²) in [6.07, 6.45) is 4.50. The lowest BCUT2D eigenvalue weighted by molar-refractivity contribution is 0.00292. The average molecular weight is 206 g/mol. The monoisotopic (exact) mass is 206 g/mol. The maximum absolute atomic E-state index is 5.51. The number of pyridine rings is 1. The number of hydrogen-bond donors (Lipinski definition) is 1. The number of nitrogens with zero attached hydrogens (tertiary/aromatic N) is 1. The molecule has 1 aliphatic carbocycles. The van der Waals surface area contributed by atoms with Crippen molar-refractivity contribution in [3.63, 3.8) is 0 Å². The Morgan fingerprint density at radius 2 is 2.33 bits per heavy atom. The van der Waals surface area contributed by atoms with Crippen LogP contribution in [0.15, 0.2) is 18.3 Å². The minimum absolute atomic E-state index is 0.456. The van der Waals surface area contributed by atoms with Gasteiger partial charge < -0.3 is 10.1 Å². The molecule has 1 aromatic heterocycles. The maximum atomic E-state index is 5.51. The Balaban J connectivity index is 1.80. The summed E-state index contributed by atoms with van der Waals surface area (Å²) in [5.41, 5.74) is 1.24. The summed E-state index contributed by atoms with van der Waals surface area (Å²) in [6.45, 7) is 4.94. The Labute approximate surface area is 90.9 Å². The number of aromatic nitrogens is 1. The Kier molecular flexibility index (Phi) is 3.21. The zero-order chi connectivity index (χ0) is 10.7. The van der Waals surface area contributed by atoms with Crippen LogP contribution >= 0.6 is 0 Å². The quantitative estimate of drug-likeness (QED) is 0.821. The van der Waals surface area contributed by atoms with E-state index >= 15 is 0 Å². The molecule has 0 aliphatic heterocycles. The Hall–Kier alpha value is -1.09. The molecule has 1 heterocycles. The normalized spacial score (nSPS) is 24.7. The molecule has 0 aromatic carbocycles. The van der Waals surface area contributed by atoms with Gasteiger partial charge in [0, 0.05) is 18.8 Å². The van der Waals surface area contributed by atoms with Gasteiger partial charge in [-0.25, -0.2) is 4.98 Å². The van der Waals surface area contributed by atoms with Gasteiger partial charge >= 0.3 is 0 Å². The van der Waals surface area contributed by atoms with Crippen molar-refractivity contribution in [1.29, 1.82) is 0 Å². The van der Waals surface area contributed by atoms with Crippen molar-refractivity contribution >= 4 is 5.82 Å². The number of hydrogen-bond acceptors (Lipinski definition) is 3. The molecule has 2 rings (SSSR count). The van der Waals surface area contributed by atoms with E-state index in [0.29, 0.717) is 12.1 Å². The van der Waals surface area contributed by atoms with E-state index in [1.807, 2.05) is 19.2 Å². The van der Waals surface area contributed by atoms with E-state index in [4.69, 9.17) is 4.74 Å². The van der Waals surface area contributed by atoms with Gasteiger partial charge in [-0.1, -0.05) is 0 Å². The number of rotatable bonds is 4. The van der Waals surface area contributed by atoms with Crippen LogP contribution in [-0.2, 0) is 4.74 Å². The third kappa shape index (κ3) is 2.69. The van der Waals surface area contributed by atoms with Crippen LogP contribution < -0.4 is 5.32 Å². The fraction of sp³-hybridized carbons (Fsp3) is 0.583. The molecule has 0 radical (unpaired) electrons. The molecule has 3 heteroatoms. The summed E-state index contributed by atoms with van der Waals surface area (Å²) in [7, 11) is 0. The molecule has 0 atom stereocenters. The SMILES string of the molecule is CCOC1CC(Nc2cc(C)ccn2)C1. The molecule has 1 saturated carbocycles. The summed E-state index contributed by atoms with van der Waals surface area (Å²) in [6, 6.07) is 4.62. The van der Waals surface area contributed by atoms with Gasteiger partial charge in [0.15, 0.2) is 0 Å². The Morgan fingerprint density at radius 1 is 1.53 bits per heavy atom. The van der Waals surface area contributed by atoms with Gasteiger partial charge in [-0.05, 0) is 44.4 Å². The predicted molar refractivity (Wildman–Crippen MR) is 61.0 cm³/mol. The third-order valence-electron chi connectivity index (χ3n) is 2.76. The minimum atomic E-state index is 0.456. The first-order valence-corrected chi connectivity index (χ1v) is 5.58. The lowest BCUT2D eigenvalue weighted by atomic mass is 9.89. The van der Waals surface area contributed by atoms with Crippen molar-refractivity contribution < 1.29 is 4.74 Å². The molecule has 0 unspecified atom stereocenters. The zero-order valence-electron chi connectivity index (χ0n) is 9.36. The van der Waals surface area contributed by atoms with Crippen LogP contribution in [0.2, 0.25) is 0 Å². The smallest absolute Gasteiger partial charge is 0.126 e. The summed E-state index contributed by atoms with van der Waals surface area (Å²) in [5.74, 6) is 0.981. The fourth-order valence-electron chi connectivity index (χ4n) is 1.88. The van der Waals surface area contributed by atoms with Crippen LogP contribution in [0, 0.1) is 6.92 Å². The molecule has 0 amide bonds. The molecule has 0 spiro atoms. The number of nitrogens with one attached hydrogen (secondary N) is 1. The second-order valence-electron chi connectivity index (χ2n) is 4.11. The first-order chi connectivity index (χ1) is 7.28. The summed E-state index contributed by atoms with van der Waals surface area (Å²) in [4.78, 5) is 4.28. The molecular weight excluding hydrogens is 188 g/mol. The zero-order valence-corrected chi connectivity index (χ0v) is 9.36. The first kappa shape index (κ1) is 10.4. The van der Waals surface area contributed by atoms with Crippen molar-refractivity contribution in [2.45, 2.75) is 38.8 Å². The highest BCUT2D eigenvalue weighted by molar-refractivity contribution is 5.38. The van der Waals surface area contributed by atoms with Gasteiger partial charge in [-0.2, -0.15) is 0 Å². The van der Waals surface area contributed by atoms with E-state index < -0.39 is 0 Å². The van der Waals surface area contributed by atoms with Gasteiger partial charge in [-0.15, -0.1) is 0 Å².